The number of carbonyl (C=O) groups excluding carboxylic acids is 1. The average molecular weight is 343 g/mol. The molecule has 5 rings (SSSR count). The van der Waals surface area contributed by atoms with Crippen molar-refractivity contribution in [3.05, 3.63) is 72.6 Å². The molecule has 1 fully saturated rings. The molecule has 0 aliphatic carbocycles. The molecule has 1 aliphatic rings. The normalized spacial score (nSPS) is 14.5. The topological polar surface area (TPSA) is 66.8 Å². The molecule has 0 saturated carbocycles. The molecule has 6 heteroatoms. The first-order chi connectivity index (χ1) is 12.8. The quantitative estimate of drug-likeness (QED) is 0.621. The fourth-order valence-corrected chi connectivity index (χ4v) is 3.35. The van der Waals surface area contributed by atoms with Gasteiger partial charge in [0, 0.05) is 41.3 Å². The van der Waals surface area contributed by atoms with Crippen LogP contribution in [0.15, 0.2) is 67.0 Å². The second kappa shape index (κ2) is 5.84. The van der Waals surface area contributed by atoms with E-state index in [2.05, 4.69) is 15.3 Å². The summed E-state index contributed by atoms with van der Waals surface area (Å²) in [4.78, 5) is 17.7. The van der Waals surface area contributed by atoms with Crippen LogP contribution in [0.5, 0.6) is 0 Å². The van der Waals surface area contributed by atoms with Crippen LogP contribution in [-0.4, -0.2) is 43.9 Å². The summed E-state index contributed by atoms with van der Waals surface area (Å²) in [7, 11) is 0. The number of nitrogens with one attached hydrogen (secondary N) is 1. The Morgan fingerprint density at radius 1 is 1.08 bits per heavy atom. The third-order valence-electron chi connectivity index (χ3n) is 4.90. The van der Waals surface area contributed by atoms with Crippen LogP contribution >= 0.6 is 0 Å². The molecule has 0 spiro atoms. The predicted molar refractivity (Wildman–Crippen MR) is 98.7 cm³/mol. The first kappa shape index (κ1) is 14.9. The number of benzene rings is 2. The van der Waals surface area contributed by atoms with Gasteiger partial charge in [0.1, 0.15) is 5.69 Å². The highest BCUT2D eigenvalue weighted by atomic mass is 16.2. The van der Waals surface area contributed by atoms with E-state index in [0.717, 1.165) is 27.7 Å². The maximum Gasteiger partial charge on any atom is 0.254 e. The Balaban J connectivity index is 1.28. The van der Waals surface area contributed by atoms with E-state index in [1.807, 2.05) is 76.6 Å². The summed E-state index contributed by atoms with van der Waals surface area (Å²) in [5.74, 6) is 0.0627. The smallest absolute Gasteiger partial charge is 0.254 e. The van der Waals surface area contributed by atoms with Gasteiger partial charge in [-0.05, 0) is 24.3 Å². The molecule has 4 aromatic rings. The van der Waals surface area contributed by atoms with Crippen LogP contribution in [0.2, 0.25) is 0 Å². The van der Waals surface area contributed by atoms with E-state index in [9.17, 15) is 4.79 Å². The summed E-state index contributed by atoms with van der Waals surface area (Å²) in [5.41, 5.74) is 3.66. The number of nitrogens with zero attached hydrogens (tertiary/aromatic N) is 4. The Kier molecular flexibility index (Phi) is 3.35. The maximum atomic E-state index is 12.7. The van der Waals surface area contributed by atoms with Gasteiger partial charge < -0.3 is 9.88 Å². The number of rotatable bonds is 3. The number of carbonyl (C=O) groups is 1. The number of fused-ring (bicyclic) bond motifs is 1. The highest BCUT2D eigenvalue weighted by Gasteiger charge is 2.33. The zero-order chi connectivity index (χ0) is 17.5. The molecule has 0 radical (unpaired) electrons. The lowest BCUT2D eigenvalue weighted by atomic mass is 10.1. The minimum atomic E-state index is 0.0627. The van der Waals surface area contributed by atoms with Gasteiger partial charge >= 0.3 is 0 Å². The van der Waals surface area contributed by atoms with Gasteiger partial charge in [0.2, 0.25) is 0 Å². The maximum absolute atomic E-state index is 12.7. The third-order valence-corrected chi connectivity index (χ3v) is 4.90. The van der Waals surface area contributed by atoms with Crippen molar-refractivity contribution < 1.29 is 4.79 Å². The SMILES string of the molecule is O=C(c1ccc2[nH]ccc2c1)N1CC(n2cc(-c3ccccc3)nn2)C1. The number of aromatic nitrogens is 4. The van der Waals surface area contributed by atoms with Crippen molar-refractivity contribution in [2.45, 2.75) is 6.04 Å². The highest BCUT2D eigenvalue weighted by Crippen LogP contribution is 2.25. The Morgan fingerprint density at radius 2 is 1.92 bits per heavy atom. The van der Waals surface area contributed by atoms with Gasteiger partial charge in [-0.3, -0.25) is 4.79 Å². The molecule has 3 heterocycles. The minimum Gasteiger partial charge on any atom is -0.361 e. The van der Waals surface area contributed by atoms with Crippen molar-refractivity contribution in [1.29, 1.82) is 0 Å². The van der Waals surface area contributed by atoms with E-state index >= 15 is 0 Å². The van der Waals surface area contributed by atoms with Crippen LogP contribution in [-0.2, 0) is 0 Å². The molecule has 128 valence electrons. The van der Waals surface area contributed by atoms with Gasteiger partial charge in [0.15, 0.2) is 0 Å². The highest BCUT2D eigenvalue weighted by molar-refractivity contribution is 5.98. The molecule has 6 nitrogen and oxygen atoms in total. The fourth-order valence-electron chi connectivity index (χ4n) is 3.35. The van der Waals surface area contributed by atoms with E-state index in [1.54, 1.807) is 0 Å². The van der Waals surface area contributed by atoms with Crippen LogP contribution in [0.4, 0.5) is 0 Å². The second-order valence-corrected chi connectivity index (χ2v) is 6.59. The molecule has 1 aliphatic heterocycles. The third kappa shape index (κ3) is 2.47. The lowest BCUT2D eigenvalue weighted by molar-refractivity contribution is 0.0498. The zero-order valence-electron chi connectivity index (χ0n) is 14.0. The molecule has 1 amide bonds. The van der Waals surface area contributed by atoms with Crippen LogP contribution in [0, 0.1) is 0 Å². The molecule has 2 aromatic carbocycles. The van der Waals surface area contributed by atoms with Crippen molar-refractivity contribution in [3.63, 3.8) is 0 Å². The Hall–Kier alpha value is -3.41. The molecular weight excluding hydrogens is 326 g/mol. The van der Waals surface area contributed by atoms with Gasteiger partial charge in [-0.1, -0.05) is 35.5 Å². The van der Waals surface area contributed by atoms with Crippen molar-refractivity contribution in [1.82, 2.24) is 24.9 Å². The zero-order valence-corrected chi connectivity index (χ0v) is 14.0. The monoisotopic (exact) mass is 343 g/mol. The Bertz CT molecular complexity index is 1080. The van der Waals surface area contributed by atoms with E-state index < -0.39 is 0 Å². The molecule has 0 atom stereocenters. The number of hydrogen-bond acceptors (Lipinski definition) is 3. The predicted octanol–water partition coefficient (Wildman–Crippen LogP) is 3.12. The van der Waals surface area contributed by atoms with Gasteiger partial charge in [0.05, 0.1) is 12.2 Å². The second-order valence-electron chi connectivity index (χ2n) is 6.59. The standard InChI is InChI=1S/C20H17N5O/c26-20(16-6-7-18-15(10-16)8-9-21-18)24-11-17(12-24)25-13-19(22-23-25)14-4-2-1-3-5-14/h1-10,13,17,21H,11-12H2. The molecule has 0 unspecified atom stereocenters. The molecule has 26 heavy (non-hydrogen) atoms. The number of amides is 1. The van der Waals surface area contributed by atoms with Crippen molar-refractivity contribution >= 4 is 16.8 Å². The van der Waals surface area contributed by atoms with Crippen molar-refractivity contribution in [3.8, 4) is 11.3 Å². The van der Waals surface area contributed by atoms with Gasteiger partial charge in [-0.2, -0.15) is 0 Å². The number of H-pyrrole nitrogens is 1. The van der Waals surface area contributed by atoms with Crippen LogP contribution in [0.1, 0.15) is 16.4 Å². The first-order valence-electron chi connectivity index (χ1n) is 8.61. The Morgan fingerprint density at radius 3 is 2.77 bits per heavy atom. The summed E-state index contributed by atoms with van der Waals surface area (Å²) in [5, 5.41) is 9.54. The largest absolute Gasteiger partial charge is 0.361 e. The minimum absolute atomic E-state index is 0.0627. The molecule has 1 N–H and O–H groups in total. The molecule has 2 aromatic heterocycles. The lowest BCUT2D eigenvalue weighted by Crippen LogP contribution is -2.50. The van der Waals surface area contributed by atoms with E-state index in [-0.39, 0.29) is 11.9 Å². The summed E-state index contributed by atoms with van der Waals surface area (Å²) in [6, 6.07) is 17.9. The number of likely N-dealkylation sites (tertiary alicyclic amines) is 1. The van der Waals surface area contributed by atoms with Crippen LogP contribution in [0.25, 0.3) is 22.2 Å². The lowest BCUT2D eigenvalue weighted by Gasteiger charge is -2.38. The first-order valence-corrected chi connectivity index (χ1v) is 8.61. The van der Waals surface area contributed by atoms with Crippen molar-refractivity contribution in [2.24, 2.45) is 0 Å². The summed E-state index contributed by atoms with van der Waals surface area (Å²) >= 11 is 0. The van der Waals surface area contributed by atoms with Gasteiger partial charge in [0.25, 0.3) is 5.91 Å². The van der Waals surface area contributed by atoms with Gasteiger partial charge in [-0.15, -0.1) is 5.10 Å². The van der Waals surface area contributed by atoms with E-state index in [0.29, 0.717) is 13.1 Å². The number of hydrogen-bond donors (Lipinski definition) is 1. The van der Waals surface area contributed by atoms with Gasteiger partial charge in [-0.25, -0.2) is 4.68 Å². The fraction of sp³-hybridized carbons (Fsp3) is 0.150. The average Bonchev–Trinajstić information content (AvgIpc) is 3.30. The molecule has 1 saturated heterocycles. The summed E-state index contributed by atoms with van der Waals surface area (Å²) in [6.45, 7) is 1.31. The Labute approximate surface area is 150 Å². The van der Waals surface area contributed by atoms with Crippen LogP contribution in [0.3, 0.4) is 0 Å². The van der Waals surface area contributed by atoms with E-state index in [4.69, 9.17) is 0 Å². The van der Waals surface area contributed by atoms with Crippen LogP contribution < -0.4 is 0 Å². The molecular formula is C20H17N5O. The summed E-state index contributed by atoms with van der Waals surface area (Å²) < 4.78 is 1.86. The summed E-state index contributed by atoms with van der Waals surface area (Å²) in [6.07, 6.45) is 3.83. The molecule has 0 bridgehead atoms. The van der Waals surface area contributed by atoms with E-state index in [1.165, 1.54) is 0 Å². The number of aromatic amines is 1. The van der Waals surface area contributed by atoms with Crippen molar-refractivity contribution in [2.75, 3.05) is 13.1 Å².